The van der Waals surface area contributed by atoms with Crippen molar-refractivity contribution in [1.82, 2.24) is 30.3 Å². The largest absolute Gasteiger partial charge is 0.573 e. The number of halogens is 3. The van der Waals surface area contributed by atoms with E-state index in [0.717, 1.165) is 90.6 Å². The zero-order valence-electron chi connectivity index (χ0n) is 37.0. The number of anilines is 1. The Labute approximate surface area is 380 Å². The van der Waals surface area contributed by atoms with E-state index < -0.39 is 12.1 Å². The highest BCUT2D eigenvalue weighted by atomic mass is 32.1. The molecule has 1 N–H and O–H groups in total. The van der Waals surface area contributed by atoms with Crippen molar-refractivity contribution in [2.75, 3.05) is 31.7 Å². The molecule has 1 spiro atoms. The molecule has 0 radical (unpaired) electrons. The maximum Gasteiger partial charge on any atom is 0.573 e. The summed E-state index contributed by atoms with van der Waals surface area (Å²) in [5.74, 6) is 2.28. The summed E-state index contributed by atoms with van der Waals surface area (Å²) in [6.07, 6.45) is 3.58. The highest BCUT2D eigenvalue weighted by Gasteiger charge is 2.42. The summed E-state index contributed by atoms with van der Waals surface area (Å²) in [5, 5.41) is 31.2. The second-order valence-electron chi connectivity index (χ2n) is 17.9. The number of aromatic nitrogens is 5. The molecule has 1 atom stereocenters. The fourth-order valence-corrected chi connectivity index (χ4v) is 11.3. The summed E-state index contributed by atoms with van der Waals surface area (Å²) in [7, 11) is 1.72. The fraction of sp³-hybridized carbons (Fsp3) is 0.479. The summed E-state index contributed by atoms with van der Waals surface area (Å²) in [4.78, 5) is 22.1. The SMILES string of the molecule is COCC[C@@H]1N=C(c2ccc(C3CCC4(CC3)CCN(c3ccc(C(=O)NC5CCC(Oc6ccc(C#N)c(OC(F)(F)F)c6)CC5)nn3)C4)cc2)c2c(sc(C)c2C)-n2c(C)nnc21. The number of aliphatic imine (C=N–C) groups is 1. The molecule has 17 heteroatoms. The van der Waals surface area contributed by atoms with E-state index in [2.05, 4.69) is 78.0 Å². The van der Waals surface area contributed by atoms with Crippen LogP contribution in [0.2, 0.25) is 0 Å². The van der Waals surface area contributed by atoms with Crippen molar-refractivity contribution < 1.29 is 32.2 Å². The van der Waals surface area contributed by atoms with Crippen LogP contribution in [0.1, 0.15) is 131 Å². The van der Waals surface area contributed by atoms with Crippen LogP contribution >= 0.6 is 11.3 Å². The fourth-order valence-electron chi connectivity index (χ4n) is 10.1. The number of amides is 1. The zero-order chi connectivity index (χ0) is 45.5. The van der Waals surface area contributed by atoms with Crippen molar-refractivity contribution in [3.63, 3.8) is 0 Å². The van der Waals surface area contributed by atoms with E-state index in [-0.39, 0.29) is 46.5 Å². The standard InChI is InChI=1S/C48H52F3N9O4S/c1-28-29(2)65-46-42(28)43(54-38(19-24-62-4)44-58-55-30(3)60(44)46)33-7-5-31(6-8-33)32-17-20-47(21-18-32)22-23-59(27-47)41-16-15-39(56-57-41)45(61)53-35-10-13-36(14-11-35)63-37-12-9-34(26-52)40(25-37)64-48(49,50)51/h5-9,12,15-16,25,32,35-36,38H,10-11,13-14,17-24,27H2,1-4H3,(H,53,61)/t32?,35?,36?,38-,47?/m0/s1. The molecule has 13 nitrogen and oxygen atoms in total. The topological polar surface area (TPSA) is 153 Å². The van der Waals surface area contributed by atoms with Gasteiger partial charge in [-0.05, 0) is 125 Å². The summed E-state index contributed by atoms with van der Waals surface area (Å²) in [6, 6.07) is 18.0. The molecule has 0 bridgehead atoms. The van der Waals surface area contributed by atoms with E-state index >= 15 is 0 Å². The number of alkyl halides is 3. The molecule has 4 aliphatic rings. The van der Waals surface area contributed by atoms with Crippen molar-refractivity contribution in [3.8, 4) is 22.6 Å². The first-order valence-electron chi connectivity index (χ1n) is 22.4. The highest BCUT2D eigenvalue weighted by molar-refractivity contribution is 7.15. The van der Waals surface area contributed by atoms with Crippen LogP contribution < -0.4 is 19.7 Å². The minimum Gasteiger partial charge on any atom is -0.490 e. The lowest BCUT2D eigenvalue weighted by Gasteiger charge is -2.37. The van der Waals surface area contributed by atoms with Crippen molar-refractivity contribution in [2.24, 2.45) is 10.4 Å². The van der Waals surface area contributed by atoms with E-state index in [0.29, 0.717) is 44.6 Å². The van der Waals surface area contributed by atoms with Crippen LogP contribution in [-0.4, -0.2) is 81.9 Å². The van der Waals surface area contributed by atoms with Gasteiger partial charge in [-0.25, -0.2) is 0 Å². The number of nitrogens with one attached hydrogen (secondary N) is 1. The Morgan fingerprint density at radius 1 is 0.954 bits per heavy atom. The van der Waals surface area contributed by atoms with Crippen LogP contribution in [0.5, 0.6) is 11.5 Å². The molecule has 3 aromatic heterocycles. The van der Waals surface area contributed by atoms with Gasteiger partial charge in [0, 0.05) is 61.3 Å². The Morgan fingerprint density at radius 2 is 1.72 bits per heavy atom. The zero-order valence-corrected chi connectivity index (χ0v) is 37.8. The van der Waals surface area contributed by atoms with Crippen LogP contribution in [0.25, 0.3) is 5.00 Å². The molecule has 9 rings (SSSR count). The second-order valence-corrected chi connectivity index (χ2v) is 19.1. The van der Waals surface area contributed by atoms with E-state index in [4.69, 9.17) is 19.7 Å². The molecule has 5 aromatic rings. The Balaban J connectivity index is 0.772. The Morgan fingerprint density at radius 3 is 2.42 bits per heavy atom. The summed E-state index contributed by atoms with van der Waals surface area (Å²) in [5.41, 5.74) is 6.12. The number of fused-ring (bicyclic) bond motifs is 3. The molecule has 340 valence electrons. The maximum atomic E-state index is 13.2. The highest BCUT2D eigenvalue weighted by Crippen LogP contribution is 2.49. The molecule has 65 heavy (non-hydrogen) atoms. The second kappa shape index (κ2) is 18.2. The van der Waals surface area contributed by atoms with Crippen LogP contribution in [0.3, 0.4) is 0 Å². The molecule has 1 saturated heterocycles. The molecule has 0 unspecified atom stereocenters. The van der Waals surface area contributed by atoms with Gasteiger partial charge >= 0.3 is 6.36 Å². The van der Waals surface area contributed by atoms with Gasteiger partial charge < -0.3 is 24.4 Å². The number of aryl methyl sites for hydroxylation is 2. The van der Waals surface area contributed by atoms with Crippen molar-refractivity contribution in [1.29, 1.82) is 5.26 Å². The third kappa shape index (κ3) is 9.33. The Bertz CT molecular complexity index is 2610. The van der Waals surface area contributed by atoms with Gasteiger partial charge in [-0.1, -0.05) is 24.3 Å². The van der Waals surface area contributed by atoms with Gasteiger partial charge in [0.1, 0.15) is 28.7 Å². The van der Waals surface area contributed by atoms with Gasteiger partial charge in [0.05, 0.1) is 17.4 Å². The number of carbonyl (C=O) groups is 1. The number of hydrogen-bond donors (Lipinski definition) is 1. The molecule has 2 aliphatic carbocycles. The lowest BCUT2D eigenvalue weighted by atomic mass is 9.68. The number of carbonyl (C=O) groups excluding carboxylic acids is 1. The number of nitrogens with zero attached hydrogens (tertiary/aromatic N) is 8. The van der Waals surface area contributed by atoms with Crippen LogP contribution in [-0.2, 0) is 4.74 Å². The van der Waals surface area contributed by atoms with Crippen LogP contribution in [0.4, 0.5) is 19.0 Å². The Hall–Kier alpha value is -5.86. The first kappa shape index (κ1) is 44.3. The molecule has 3 fully saturated rings. The summed E-state index contributed by atoms with van der Waals surface area (Å²) in [6.45, 7) is 8.76. The van der Waals surface area contributed by atoms with Gasteiger partial charge in [0.25, 0.3) is 5.91 Å². The van der Waals surface area contributed by atoms with Gasteiger partial charge in [0.2, 0.25) is 0 Å². The number of methoxy groups -OCH3 is 1. The number of hydrogen-bond acceptors (Lipinski definition) is 12. The van der Waals surface area contributed by atoms with E-state index in [1.807, 2.05) is 13.0 Å². The average Bonchev–Trinajstić information content (AvgIpc) is 3.95. The predicted octanol–water partition coefficient (Wildman–Crippen LogP) is 9.42. The molecule has 5 heterocycles. The summed E-state index contributed by atoms with van der Waals surface area (Å²) >= 11 is 1.77. The summed E-state index contributed by atoms with van der Waals surface area (Å²) < 4.78 is 56.1. The first-order chi connectivity index (χ1) is 31.3. The van der Waals surface area contributed by atoms with Crippen molar-refractivity contribution >= 4 is 28.8 Å². The lowest BCUT2D eigenvalue weighted by molar-refractivity contribution is -0.274. The maximum absolute atomic E-state index is 13.2. The minimum atomic E-state index is -4.93. The minimum absolute atomic E-state index is 0.104. The molecule has 2 aliphatic heterocycles. The van der Waals surface area contributed by atoms with Gasteiger partial charge in [-0.3, -0.25) is 14.4 Å². The lowest BCUT2D eigenvalue weighted by Crippen LogP contribution is -2.40. The van der Waals surface area contributed by atoms with E-state index in [9.17, 15) is 18.0 Å². The van der Waals surface area contributed by atoms with Gasteiger partial charge in [-0.15, -0.1) is 44.9 Å². The number of thiophene rings is 1. The third-order valence-corrected chi connectivity index (χ3v) is 15.0. The number of benzene rings is 2. The predicted molar refractivity (Wildman–Crippen MR) is 239 cm³/mol. The number of nitriles is 1. The van der Waals surface area contributed by atoms with Gasteiger partial charge in [0.15, 0.2) is 23.1 Å². The molecular formula is C48H52F3N9O4S. The van der Waals surface area contributed by atoms with Crippen molar-refractivity contribution in [3.05, 3.63) is 105 Å². The van der Waals surface area contributed by atoms with Crippen molar-refractivity contribution in [2.45, 2.75) is 115 Å². The van der Waals surface area contributed by atoms with E-state index in [1.54, 1.807) is 30.6 Å². The number of ether oxygens (including phenoxy) is 3. The quantitative estimate of drug-likeness (QED) is 0.136. The van der Waals surface area contributed by atoms with Crippen LogP contribution in [0.15, 0.2) is 59.6 Å². The average molecular weight is 908 g/mol. The van der Waals surface area contributed by atoms with Crippen LogP contribution in [0, 0.1) is 37.5 Å². The normalized spacial score (nSPS) is 23.0. The molecule has 2 aromatic carbocycles. The monoisotopic (exact) mass is 907 g/mol. The Kier molecular flexibility index (Phi) is 12.4. The third-order valence-electron chi connectivity index (χ3n) is 13.8. The first-order valence-corrected chi connectivity index (χ1v) is 23.2. The number of rotatable bonds is 11. The smallest absolute Gasteiger partial charge is 0.490 e. The van der Waals surface area contributed by atoms with E-state index in [1.165, 1.54) is 28.1 Å². The van der Waals surface area contributed by atoms with Gasteiger partial charge in [-0.2, -0.15) is 5.26 Å². The molecular weight excluding hydrogens is 856 g/mol. The molecule has 1 amide bonds. The molecule has 2 saturated carbocycles.